The van der Waals surface area contributed by atoms with E-state index in [4.69, 9.17) is 51.1 Å². The second kappa shape index (κ2) is 28.3. The molecule has 0 saturated heterocycles. The molecule has 0 aromatic heterocycles. The first kappa shape index (κ1) is 41.4. The van der Waals surface area contributed by atoms with E-state index in [0.717, 1.165) is 40.5 Å². The van der Waals surface area contributed by atoms with Gasteiger partial charge in [0.25, 0.3) is 11.9 Å². The van der Waals surface area contributed by atoms with Crippen LogP contribution < -0.4 is 124 Å². The van der Waals surface area contributed by atoms with E-state index in [9.17, 15) is 0 Å². The smallest absolute Gasteiger partial charge is 0.550 e. The first-order chi connectivity index (χ1) is 10.6. The molecule has 26 heavy (non-hydrogen) atoms. The van der Waals surface area contributed by atoms with Crippen LogP contribution in [0.3, 0.4) is 0 Å². The molecule has 1 rings (SSSR count). The minimum Gasteiger partial charge on any atom is -0.550 e. The van der Waals surface area contributed by atoms with Crippen molar-refractivity contribution >= 4 is 23.9 Å². The van der Waals surface area contributed by atoms with Crippen LogP contribution in [-0.4, -0.2) is 39.8 Å². The van der Waals surface area contributed by atoms with Gasteiger partial charge in [-0.05, 0) is 26.7 Å². The predicted octanol–water partition coefficient (Wildman–Crippen LogP) is -7.73. The van der Waals surface area contributed by atoms with Crippen molar-refractivity contribution < 1.29 is 142 Å². The number of carbonyl (C=O) groups excluding carboxylic acids is 2. The number of hydrogen-bond donors (Lipinski definition) is 4. The monoisotopic (exact) mass is 430 g/mol. The molecule has 0 aromatic rings. The molecule has 1 aliphatic rings. The zero-order chi connectivity index (χ0) is 20.3. The van der Waals surface area contributed by atoms with Crippen molar-refractivity contribution in [3.05, 3.63) is 0 Å². The number of carboxylic acids is 4. The SMILES string of the molecule is CC(=O)O.CC(=O)O.CC(=O)[O-].CC(=O)[O-].NC1(N)CCCCC1.[K+].[K+]. The zero-order valence-electron chi connectivity index (χ0n) is 16.5. The van der Waals surface area contributed by atoms with E-state index >= 15 is 0 Å². The second-order valence-corrected chi connectivity index (χ2v) is 4.82. The molecule has 0 unspecified atom stereocenters. The van der Waals surface area contributed by atoms with Crippen molar-refractivity contribution in [2.45, 2.75) is 65.5 Å². The van der Waals surface area contributed by atoms with Gasteiger partial charge in [0, 0.05) is 25.8 Å². The Labute approximate surface area is 239 Å². The topological polar surface area (TPSA) is 207 Å². The quantitative estimate of drug-likeness (QED) is 0.211. The predicted molar refractivity (Wildman–Crippen MR) is 82.2 cm³/mol. The molecule has 0 spiro atoms. The van der Waals surface area contributed by atoms with Gasteiger partial charge in [-0.1, -0.05) is 19.3 Å². The molecule has 1 saturated carbocycles. The molecule has 1 fully saturated rings. The standard InChI is InChI=1S/C6H14N2.4C2H4O2.2K/c7-6(8)4-2-1-3-5-6;4*1-2(3)4;;/h1-5,7-8H2;4*1H3,(H,3,4);;/q;;;;;2*+1/p-2. The van der Waals surface area contributed by atoms with Crippen molar-refractivity contribution in [1.29, 1.82) is 0 Å². The molecule has 0 aromatic carbocycles. The van der Waals surface area contributed by atoms with Crippen LogP contribution in [0, 0.1) is 0 Å². The number of nitrogens with two attached hydrogens (primary N) is 2. The van der Waals surface area contributed by atoms with E-state index in [1.807, 2.05) is 0 Å². The minimum atomic E-state index is -1.08. The van der Waals surface area contributed by atoms with Crippen molar-refractivity contribution in [1.82, 2.24) is 0 Å². The van der Waals surface area contributed by atoms with Crippen LogP contribution in [0.25, 0.3) is 0 Å². The van der Waals surface area contributed by atoms with Gasteiger partial charge < -0.3 is 41.5 Å². The minimum absolute atomic E-state index is 0. The molecule has 12 heteroatoms. The summed E-state index contributed by atoms with van der Waals surface area (Å²) in [5.74, 6) is -3.83. The summed E-state index contributed by atoms with van der Waals surface area (Å²) in [6.45, 7) is 4.11. The van der Waals surface area contributed by atoms with Gasteiger partial charge in [-0.15, -0.1) is 0 Å². The molecular formula is C14H28K2N2O8. The van der Waals surface area contributed by atoms with Crippen LogP contribution in [0.15, 0.2) is 0 Å². The molecule has 0 heterocycles. The third kappa shape index (κ3) is 119. The van der Waals surface area contributed by atoms with Crippen molar-refractivity contribution in [2.24, 2.45) is 11.5 Å². The number of carboxylic acid groups (broad SMARTS) is 4. The molecule has 6 N–H and O–H groups in total. The maximum Gasteiger partial charge on any atom is 1.00 e. The molecule has 10 nitrogen and oxygen atoms in total. The molecule has 1 aliphatic carbocycles. The first-order valence-electron chi connectivity index (χ1n) is 6.96. The molecule has 0 amide bonds. The normalized spacial score (nSPS) is 12.4. The number of rotatable bonds is 0. The number of aliphatic carboxylic acids is 4. The van der Waals surface area contributed by atoms with Gasteiger partial charge in [0.1, 0.15) is 0 Å². The van der Waals surface area contributed by atoms with Crippen LogP contribution in [0.1, 0.15) is 59.8 Å². The average Bonchev–Trinajstić information content (AvgIpc) is 2.24. The van der Waals surface area contributed by atoms with Crippen LogP contribution in [-0.2, 0) is 19.2 Å². The molecular weight excluding hydrogens is 402 g/mol. The maximum absolute atomic E-state index is 9.00. The van der Waals surface area contributed by atoms with Gasteiger partial charge in [-0.2, -0.15) is 0 Å². The molecule has 0 bridgehead atoms. The zero-order valence-corrected chi connectivity index (χ0v) is 22.8. The Morgan fingerprint density at radius 2 is 0.885 bits per heavy atom. The van der Waals surface area contributed by atoms with Gasteiger partial charge >= 0.3 is 103 Å². The molecule has 0 atom stereocenters. The summed E-state index contributed by atoms with van der Waals surface area (Å²) in [5, 5.41) is 32.6. The fourth-order valence-electron chi connectivity index (χ4n) is 1.21. The van der Waals surface area contributed by atoms with E-state index in [0.29, 0.717) is 0 Å². The fraction of sp³-hybridized carbons (Fsp3) is 0.714. The van der Waals surface area contributed by atoms with E-state index in [-0.39, 0.29) is 108 Å². The third-order valence-electron chi connectivity index (χ3n) is 1.78. The van der Waals surface area contributed by atoms with Crippen molar-refractivity contribution in [2.75, 3.05) is 0 Å². The summed E-state index contributed by atoms with van der Waals surface area (Å²) < 4.78 is 0. The second-order valence-electron chi connectivity index (χ2n) is 4.82. The van der Waals surface area contributed by atoms with Gasteiger partial charge in [0.15, 0.2) is 0 Å². The Bertz CT molecular complexity index is 308. The number of hydrogen-bond acceptors (Lipinski definition) is 8. The summed E-state index contributed by atoms with van der Waals surface area (Å²) >= 11 is 0. The summed E-state index contributed by atoms with van der Waals surface area (Å²) in [7, 11) is 0. The summed E-state index contributed by atoms with van der Waals surface area (Å²) in [6, 6.07) is 0. The van der Waals surface area contributed by atoms with Crippen LogP contribution in [0.2, 0.25) is 0 Å². The Morgan fingerprint density at radius 3 is 0.962 bits per heavy atom. The van der Waals surface area contributed by atoms with Gasteiger partial charge in [-0.3, -0.25) is 9.59 Å². The van der Waals surface area contributed by atoms with Crippen LogP contribution in [0.4, 0.5) is 0 Å². The maximum atomic E-state index is 9.00. The Hall–Kier alpha value is 1.07. The van der Waals surface area contributed by atoms with Gasteiger partial charge in [0.05, 0.1) is 5.66 Å². The Kier molecular flexibility index (Phi) is 45.1. The Morgan fingerprint density at radius 1 is 0.731 bits per heavy atom. The summed E-state index contributed by atoms with van der Waals surface area (Å²) in [4.78, 5) is 35.8. The van der Waals surface area contributed by atoms with Gasteiger partial charge in [-0.25, -0.2) is 0 Å². The number of carbonyl (C=O) groups is 4. The molecule has 0 radical (unpaired) electrons. The first-order valence-corrected chi connectivity index (χ1v) is 6.96. The van der Waals surface area contributed by atoms with Crippen LogP contribution >= 0.6 is 0 Å². The van der Waals surface area contributed by atoms with E-state index < -0.39 is 23.9 Å². The third-order valence-corrected chi connectivity index (χ3v) is 1.78. The fourth-order valence-corrected chi connectivity index (χ4v) is 1.21. The van der Waals surface area contributed by atoms with E-state index in [1.54, 1.807) is 0 Å². The Balaban J connectivity index is -0.0000000495. The molecule has 0 aliphatic heterocycles. The average molecular weight is 431 g/mol. The van der Waals surface area contributed by atoms with Crippen molar-refractivity contribution in [3.63, 3.8) is 0 Å². The van der Waals surface area contributed by atoms with Crippen LogP contribution in [0.5, 0.6) is 0 Å². The summed E-state index contributed by atoms with van der Waals surface area (Å²) in [5.41, 5.74) is 11.0. The summed E-state index contributed by atoms with van der Waals surface area (Å²) in [6.07, 6.45) is 5.76. The van der Waals surface area contributed by atoms with Crippen molar-refractivity contribution in [3.8, 4) is 0 Å². The van der Waals surface area contributed by atoms with E-state index in [1.165, 1.54) is 19.3 Å². The molecule has 144 valence electrons. The largest absolute Gasteiger partial charge is 1.00 e. The van der Waals surface area contributed by atoms with Gasteiger partial charge in [0.2, 0.25) is 0 Å². The van der Waals surface area contributed by atoms with E-state index in [2.05, 4.69) is 0 Å².